The number of aromatic nitrogens is 1. The topological polar surface area (TPSA) is 157 Å². The Labute approximate surface area is 194 Å². The summed E-state index contributed by atoms with van der Waals surface area (Å²) >= 11 is 0. The Morgan fingerprint density at radius 3 is 2.28 bits per heavy atom. The fraction of sp³-hybridized carbons (Fsp3) is 0.100. The highest BCUT2D eigenvalue weighted by atomic mass is 31.0. The van der Waals surface area contributed by atoms with Crippen LogP contribution in [0.2, 0.25) is 0 Å². The largest absolute Gasteiger partial charge is 0.400 e. The molecule has 5 atom stereocenters. The van der Waals surface area contributed by atoms with Crippen LogP contribution in [0.25, 0.3) is 12.2 Å². The summed E-state index contributed by atoms with van der Waals surface area (Å²) in [5.41, 5.74) is 33.5. The van der Waals surface area contributed by atoms with E-state index in [1.807, 2.05) is 18.2 Å². The number of hydrogen-bond acceptors (Lipinski definition) is 7. The van der Waals surface area contributed by atoms with Gasteiger partial charge in [0.2, 0.25) is 0 Å². The van der Waals surface area contributed by atoms with E-state index in [-0.39, 0.29) is 6.04 Å². The highest BCUT2D eigenvalue weighted by molar-refractivity contribution is 7.28. The molecule has 0 saturated carbocycles. The minimum Gasteiger partial charge on any atom is -0.400 e. The molecule has 32 heavy (non-hydrogen) atoms. The number of nitrogens with two attached hydrogens (primary N) is 4. The first-order chi connectivity index (χ1) is 15.2. The van der Waals surface area contributed by atoms with Gasteiger partial charge < -0.3 is 33.2 Å². The second kappa shape index (κ2) is 7.68. The number of nitrogen functional groups attached to an aromatic ring is 1. The average Bonchev–Trinajstić information content (AvgIpc) is 3.37. The van der Waals surface area contributed by atoms with Crippen molar-refractivity contribution in [3.8, 4) is 0 Å². The number of fused-ring (bicyclic) bond motifs is 6. The maximum atomic E-state index is 6.44. The molecule has 0 aliphatic carbocycles. The van der Waals surface area contributed by atoms with Crippen LogP contribution in [0.5, 0.6) is 0 Å². The third-order valence-electron chi connectivity index (χ3n) is 5.90. The number of allylic oxidation sites excluding steroid dienone is 4. The fourth-order valence-electron chi connectivity index (χ4n) is 3.94. The molecule has 0 radical (unpaired) electrons. The third-order valence-corrected chi connectivity index (χ3v) is 8.42. The van der Waals surface area contributed by atoms with Crippen LogP contribution in [0.1, 0.15) is 17.8 Å². The van der Waals surface area contributed by atoms with Gasteiger partial charge in [0.1, 0.15) is 0 Å². The molecular formula is C20H24N8P4. The summed E-state index contributed by atoms with van der Waals surface area (Å²) in [6.07, 6.45) is 6.29. The van der Waals surface area contributed by atoms with Crippen LogP contribution in [0, 0.1) is 0 Å². The number of nitrogens with zero attached hydrogens (tertiary/aromatic N) is 2. The summed E-state index contributed by atoms with van der Waals surface area (Å²) < 4.78 is 0. The van der Waals surface area contributed by atoms with Crippen molar-refractivity contribution in [2.75, 3.05) is 5.73 Å². The highest BCUT2D eigenvalue weighted by Crippen LogP contribution is 2.36. The molecule has 0 saturated heterocycles. The average molecular weight is 500 g/mol. The number of nitrogens with one attached hydrogen (secondary N) is 2. The van der Waals surface area contributed by atoms with Crippen molar-refractivity contribution in [3.63, 3.8) is 0 Å². The predicted octanol–water partition coefficient (Wildman–Crippen LogP) is 1.08. The second-order valence-electron chi connectivity index (χ2n) is 7.88. The first-order valence-electron chi connectivity index (χ1n) is 9.78. The smallest absolute Gasteiger partial charge is 0.0894 e. The van der Waals surface area contributed by atoms with Gasteiger partial charge in [-0.2, -0.15) is 0 Å². The summed E-state index contributed by atoms with van der Waals surface area (Å²) in [6, 6.07) is -0.120. The molecule has 164 valence electrons. The molecule has 1 aromatic heterocycles. The summed E-state index contributed by atoms with van der Waals surface area (Å²) in [7, 11) is 10.8. The van der Waals surface area contributed by atoms with E-state index in [1.165, 1.54) is 0 Å². The maximum Gasteiger partial charge on any atom is 0.0894 e. The fourth-order valence-corrected chi connectivity index (χ4v) is 5.24. The van der Waals surface area contributed by atoms with E-state index in [9.17, 15) is 0 Å². The number of aromatic amines is 1. The lowest BCUT2D eigenvalue weighted by Crippen LogP contribution is -2.30. The monoisotopic (exact) mass is 500 g/mol. The van der Waals surface area contributed by atoms with Crippen molar-refractivity contribution in [2.45, 2.75) is 12.5 Å². The van der Waals surface area contributed by atoms with E-state index in [1.54, 1.807) is 0 Å². The van der Waals surface area contributed by atoms with E-state index >= 15 is 0 Å². The van der Waals surface area contributed by atoms with Crippen LogP contribution in [0.3, 0.4) is 0 Å². The Morgan fingerprint density at radius 2 is 1.53 bits per heavy atom. The molecule has 8 bridgehead atoms. The predicted molar refractivity (Wildman–Crippen MR) is 148 cm³/mol. The Kier molecular flexibility index (Phi) is 5.19. The molecule has 0 fully saturated rings. The van der Waals surface area contributed by atoms with Crippen molar-refractivity contribution in [1.82, 2.24) is 10.3 Å². The molecule has 5 unspecified atom stereocenters. The van der Waals surface area contributed by atoms with Gasteiger partial charge in [-0.1, -0.05) is 0 Å². The molecule has 8 nitrogen and oxygen atoms in total. The Morgan fingerprint density at radius 1 is 0.812 bits per heavy atom. The van der Waals surface area contributed by atoms with Gasteiger partial charge in [0.25, 0.3) is 0 Å². The van der Waals surface area contributed by atoms with Crippen LogP contribution in [-0.4, -0.2) is 22.4 Å². The number of aliphatic imine (C=N–C) groups is 2. The first kappa shape index (κ1) is 21.6. The van der Waals surface area contributed by atoms with E-state index in [0.717, 1.165) is 49.7 Å². The van der Waals surface area contributed by atoms with Crippen LogP contribution in [0.4, 0.5) is 5.69 Å². The number of hydrogen-bond donors (Lipinski definition) is 6. The molecule has 4 aliphatic heterocycles. The lowest BCUT2D eigenvalue weighted by Gasteiger charge is -2.14. The normalized spacial score (nSPS) is 27.5. The van der Waals surface area contributed by atoms with Gasteiger partial charge in [0.15, 0.2) is 0 Å². The van der Waals surface area contributed by atoms with Crippen LogP contribution in [0.15, 0.2) is 66.2 Å². The minimum absolute atomic E-state index is 0.120. The lowest BCUT2D eigenvalue weighted by atomic mass is 10.1. The molecule has 5 rings (SSSR count). The zero-order valence-electron chi connectivity index (χ0n) is 17.0. The number of rotatable bonds is 0. The molecular weight excluding hydrogens is 476 g/mol. The van der Waals surface area contributed by atoms with E-state index in [2.05, 4.69) is 47.3 Å². The molecule has 1 aromatic rings. The zero-order chi connectivity index (χ0) is 22.9. The maximum absolute atomic E-state index is 6.44. The lowest BCUT2D eigenvalue weighted by molar-refractivity contribution is 0.700. The quantitative estimate of drug-likeness (QED) is 0.294. The van der Waals surface area contributed by atoms with E-state index in [4.69, 9.17) is 32.9 Å². The van der Waals surface area contributed by atoms with Crippen LogP contribution in [-0.2, 0) is 0 Å². The van der Waals surface area contributed by atoms with Gasteiger partial charge in [0.05, 0.1) is 57.3 Å². The van der Waals surface area contributed by atoms with Gasteiger partial charge in [0, 0.05) is 39.1 Å². The summed E-state index contributed by atoms with van der Waals surface area (Å²) in [6.45, 7) is 0. The molecule has 0 aromatic carbocycles. The summed E-state index contributed by atoms with van der Waals surface area (Å²) in [5, 5.41) is 6.88. The summed E-state index contributed by atoms with van der Waals surface area (Å²) in [4.78, 5) is 12.9. The SMILES string of the molecule is NC1=C(P)/C2=C/c3[nH]c(c(P)c3N)/C=C3\N=C(CC4N/C(=C\C1=N2)C(P)=C4N)C(P)=C3N. The Balaban J connectivity index is 1.74. The molecule has 4 aliphatic rings. The second-order valence-corrected chi connectivity index (χ2v) is 10.2. The molecule has 0 spiro atoms. The molecule has 12 heteroatoms. The minimum atomic E-state index is -0.120. The van der Waals surface area contributed by atoms with Gasteiger partial charge in [-0.15, -0.1) is 37.0 Å². The third kappa shape index (κ3) is 3.29. The zero-order valence-corrected chi connectivity index (χ0v) is 21.6. The van der Waals surface area contributed by atoms with Gasteiger partial charge in [-0.05, 0) is 18.2 Å². The molecule has 0 amide bonds. The van der Waals surface area contributed by atoms with Gasteiger partial charge >= 0.3 is 0 Å². The van der Waals surface area contributed by atoms with Gasteiger partial charge in [-0.3, -0.25) is 4.99 Å². The number of H-pyrrole nitrogens is 1. The number of anilines is 1. The Bertz CT molecular complexity index is 1350. The van der Waals surface area contributed by atoms with Crippen molar-refractivity contribution in [1.29, 1.82) is 0 Å². The van der Waals surface area contributed by atoms with Crippen molar-refractivity contribution in [3.05, 3.63) is 67.6 Å². The van der Waals surface area contributed by atoms with Crippen molar-refractivity contribution >= 4 is 71.5 Å². The van der Waals surface area contributed by atoms with Crippen LogP contribution < -0.4 is 33.6 Å². The van der Waals surface area contributed by atoms with Crippen molar-refractivity contribution < 1.29 is 0 Å². The van der Waals surface area contributed by atoms with Crippen LogP contribution >= 0.6 is 37.0 Å². The highest BCUT2D eigenvalue weighted by Gasteiger charge is 2.30. The van der Waals surface area contributed by atoms with Gasteiger partial charge in [-0.25, -0.2) is 4.99 Å². The first-order valence-corrected chi connectivity index (χ1v) is 12.1. The standard InChI is InChI=1S/C20H24N8P4/c21-13-5-1-9-17(29)14(22)6(26-9)2-11-19(31)16(24)8(28-11)4-12-20(32)15(23)7(27-12)3-10(25-5)18(13)30/h1-3,8,25,28H,4,21-24,29-32H2/b7-3-,9-1-,11-2-. The molecule has 10 N–H and O–H groups in total. The Hall–Kier alpha value is -2.22. The van der Waals surface area contributed by atoms with E-state index in [0.29, 0.717) is 40.6 Å². The summed E-state index contributed by atoms with van der Waals surface area (Å²) in [5.74, 6) is 0. The molecule has 5 heterocycles. The van der Waals surface area contributed by atoms with Crippen molar-refractivity contribution in [2.24, 2.45) is 27.2 Å². The van der Waals surface area contributed by atoms with E-state index < -0.39 is 0 Å².